The molecule has 3 rings (SSSR count). The van der Waals surface area contributed by atoms with Crippen LogP contribution in [0.15, 0.2) is 36.9 Å². The van der Waals surface area contributed by atoms with E-state index in [0.29, 0.717) is 31.1 Å². The van der Waals surface area contributed by atoms with Gasteiger partial charge in [-0.2, -0.15) is 0 Å². The molecule has 5 nitrogen and oxygen atoms in total. The van der Waals surface area contributed by atoms with Gasteiger partial charge in [0.1, 0.15) is 5.92 Å². The Morgan fingerprint density at radius 1 is 1.25 bits per heavy atom. The predicted molar refractivity (Wildman–Crippen MR) is 95.1 cm³/mol. The quantitative estimate of drug-likeness (QED) is 0.618. The Kier molecular flexibility index (Phi) is 5.21. The lowest BCUT2D eigenvalue weighted by Gasteiger charge is -2.35. The van der Waals surface area contributed by atoms with Crippen LogP contribution in [-0.2, 0) is 9.59 Å². The van der Waals surface area contributed by atoms with E-state index in [4.69, 9.17) is 11.6 Å². The molecule has 0 bridgehead atoms. The van der Waals surface area contributed by atoms with Crippen LogP contribution in [0.2, 0.25) is 5.02 Å². The number of amides is 2. The van der Waals surface area contributed by atoms with E-state index in [2.05, 4.69) is 11.5 Å². The molecule has 24 heavy (non-hydrogen) atoms. The molecule has 0 N–H and O–H groups in total. The maximum Gasteiger partial charge on any atom is 0.239 e. The highest BCUT2D eigenvalue weighted by Crippen LogP contribution is 2.28. The van der Waals surface area contributed by atoms with Crippen LogP contribution in [0.25, 0.3) is 0 Å². The first kappa shape index (κ1) is 17.0. The average molecular weight is 348 g/mol. The van der Waals surface area contributed by atoms with Gasteiger partial charge < -0.3 is 9.80 Å². The van der Waals surface area contributed by atoms with Gasteiger partial charge in [0.05, 0.1) is 0 Å². The van der Waals surface area contributed by atoms with Gasteiger partial charge in [-0.1, -0.05) is 23.7 Å². The lowest BCUT2D eigenvalue weighted by molar-refractivity contribution is -0.141. The van der Waals surface area contributed by atoms with Crippen LogP contribution in [0.3, 0.4) is 0 Å². The van der Waals surface area contributed by atoms with Crippen molar-refractivity contribution < 1.29 is 9.59 Å². The minimum absolute atomic E-state index is 0.0391. The third-order valence-corrected chi connectivity index (χ3v) is 4.93. The number of rotatable bonds is 4. The van der Waals surface area contributed by atoms with Crippen LogP contribution in [0, 0.1) is 5.92 Å². The van der Waals surface area contributed by atoms with E-state index in [1.165, 1.54) is 0 Å². The molecule has 0 saturated carbocycles. The monoisotopic (exact) mass is 347 g/mol. The first-order valence-electron chi connectivity index (χ1n) is 8.29. The fourth-order valence-corrected chi connectivity index (χ4v) is 3.55. The lowest BCUT2D eigenvalue weighted by Crippen LogP contribution is -2.51. The molecule has 2 aliphatic rings. The second-order valence-electron chi connectivity index (χ2n) is 6.23. The van der Waals surface area contributed by atoms with Crippen LogP contribution in [0.1, 0.15) is 6.42 Å². The molecule has 2 heterocycles. The summed E-state index contributed by atoms with van der Waals surface area (Å²) < 4.78 is 0. The van der Waals surface area contributed by atoms with Gasteiger partial charge in [0.2, 0.25) is 11.8 Å². The molecule has 1 atom stereocenters. The molecule has 128 valence electrons. The number of hydrogen-bond donors (Lipinski definition) is 0. The van der Waals surface area contributed by atoms with E-state index >= 15 is 0 Å². The van der Waals surface area contributed by atoms with Crippen LogP contribution in [-0.4, -0.2) is 60.9 Å². The zero-order valence-electron chi connectivity index (χ0n) is 13.7. The highest BCUT2D eigenvalue weighted by molar-refractivity contribution is 6.31. The molecule has 1 unspecified atom stereocenters. The number of halogens is 1. The zero-order chi connectivity index (χ0) is 17.1. The summed E-state index contributed by atoms with van der Waals surface area (Å²) in [7, 11) is 0. The number of carbonyl (C=O) groups excluding carboxylic acids is 2. The van der Waals surface area contributed by atoms with Gasteiger partial charge in [0, 0.05) is 50.0 Å². The van der Waals surface area contributed by atoms with Crippen LogP contribution in [0.5, 0.6) is 0 Å². The summed E-state index contributed by atoms with van der Waals surface area (Å²) in [6.45, 7) is 8.15. The van der Waals surface area contributed by atoms with Gasteiger partial charge in [-0.05, 0) is 24.6 Å². The van der Waals surface area contributed by atoms with Gasteiger partial charge in [0.25, 0.3) is 0 Å². The Balaban J connectivity index is 1.63. The highest BCUT2D eigenvalue weighted by Gasteiger charge is 2.40. The molecule has 1 aromatic carbocycles. The largest absolute Gasteiger partial charge is 0.339 e. The minimum Gasteiger partial charge on any atom is -0.339 e. The molecule has 2 amide bonds. The number of nitrogens with zero attached hydrogens (tertiary/aromatic N) is 3. The van der Waals surface area contributed by atoms with E-state index < -0.39 is 5.92 Å². The summed E-state index contributed by atoms with van der Waals surface area (Å²) in [5.74, 6) is -0.714. The SMILES string of the molecule is C=CCN1CCN(C(=O)C2CCN(c3cccc(Cl)c3)C2=O)CC1. The average Bonchev–Trinajstić information content (AvgIpc) is 2.97. The van der Waals surface area contributed by atoms with Crippen molar-refractivity contribution in [2.45, 2.75) is 6.42 Å². The number of anilines is 1. The zero-order valence-corrected chi connectivity index (χ0v) is 14.4. The Labute approximate surface area is 147 Å². The number of hydrogen-bond acceptors (Lipinski definition) is 3. The van der Waals surface area contributed by atoms with Crippen LogP contribution >= 0.6 is 11.6 Å². The molecule has 0 aromatic heterocycles. The van der Waals surface area contributed by atoms with E-state index in [-0.39, 0.29) is 11.8 Å². The first-order chi connectivity index (χ1) is 11.6. The Bertz CT molecular complexity index is 641. The predicted octanol–water partition coefficient (Wildman–Crippen LogP) is 2.02. The number of benzene rings is 1. The highest BCUT2D eigenvalue weighted by atomic mass is 35.5. The van der Waals surface area contributed by atoms with E-state index in [9.17, 15) is 9.59 Å². The second-order valence-corrected chi connectivity index (χ2v) is 6.66. The van der Waals surface area contributed by atoms with Gasteiger partial charge in [-0.25, -0.2) is 0 Å². The normalized spacial score (nSPS) is 22.0. The van der Waals surface area contributed by atoms with Crippen LogP contribution < -0.4 is 4.90 Å². The van der Waals surface area contributed by atoms with Crippen LogP contribution in [0.4, 0.5) is 5.69 Å². The Hall–Kier alpha value is -1.85. The fourth-order valence-electron chi connectivity index (χ4n) is 3.36. The van der Waals surface area contributed by atoms with Gasteiger partial charge >= 0.3 is 0 Å². The molecule has 2 aliphatic heterocycles. The summed E-state index contributed by atoms with van der Waals surface area (Å²) >= 11 is 6.01. The molecular weight excluding hydrogens is 326 g/mol. The van der Waals surface area contributed by atoms with Crippen molar-refractivity contribution in [3.05, 3.63) is 41.9 Å². The summed E-state index contributed by atoms with van der Waals surface area (Å²) in [5.41, 5.74) is 0.763. The van der Waals surface area contributed by atoms with E-state index in [1.807, 2.05) is 23.1 Å². The van der Waals surface area contributed by atoms with Crippen molar-refractivity contribution in [2.75, 3.05) is 44.2 Å². The maximum absolute atomic E-state index is 12.7. The first-order valence-corrected chi connectivity index (χ1v) is 8.67. The molecule has 2 saturated heterocycles. The summed E-state index contributed by atoms with van der Waals surface area (Å²) in [5, 5.41) is 0.591. The summed E-state index contributed by atoms with van der Waals surface area (Å²) in [6, 6.07) is 7.21. The number of carbonyl (C=O) groups is 2. The van der Waals surface area contributed by atoms with E-state index in [0.717, 1.165) is 25.3 Å². The standard InChI is InChI=1S/C18H22ClN3O2/c1-2-7-20-9-11-21(12-10-20)17(23)16-6-8-22(18(16)24)15-5-3-4-14(19)13-15/h2-5,13,16H,1,6-12H2. The van der Waals surface area contributed by atoms with Crippen molar-refractivity contribution in [1.82, 2.24) is 9.80 Å². The molecular formula is C18H22ClN3O2. The maximum atomic E-state index is 12.7. The van der Waals surface area contributed by atoms with Gasteiger partial charge in [0.15, 0.2) is 0 Å². The topological polar surface area (TPSA) is 43.9 Å². The van der Waals surface area contributed by atoms with Gasteiger partial charge in [-0.15, -0.1) is 6.58 Å². The van der Waals surface area contributed by atoms with Crippen molar-refractivity contribution in [1.29, 1.82) is 0 Å². The molecule has 0 aliphatic carbocycles. The summed E-state index contributed by atoms with van der Waals surface area (Å²) in [6.07, 6.45) is 2.44. The summed E-state index contributed by atoms with van der Waals surface area (Å²) in [4.78, 5) is 31.2. The van der Waals surface area contributed by atoms with Crippen molar-refractivity contribution in [2.24, 2.45) is 5.92 Å². The fraction of sp³-hybridized carbons (Fsp3) is 0.444. The van der Waals surface area contributed by atoms with Crippen molar-refractivity contribution in [3.8, 4) is 0 Å². The molecule has 0 spiro atoms. The molecule has 6 heteroatoms. The number of piperazine rings is 1. The van der Waals surface area contributed by atoms with Gasteiger partial charge in [-0.3, -0.25) is 14.5 Å². The Morgan fingerprint density at radius 3 is 2.67 bits per heavy atom. The minimum atomic E-state index is -0.560. The molecule has 1 aromatic rings. The van der Waals surface area contributed by atoms with Crippen molar-refractivity contribution in [3.63, 3.8) is 0 Å². The van der Waals surface area contributed by atoms with E-state index in [1.54, 1.807) is 17.0 Å². The molecule has 2 fully saturated rings. The van der Waals surface area contributed by atoms with Crippen molar-refractivity contribution >= 4 is 29.1 Å². The third-order valence-electron chi connectivity index (χ3n) is 4.69. The third kappa shape index (κ3) is 3.47. The second kappa shape index (κ2) is 7.36. The lowest BCUT2D eigenvalue weighted by atomic mass is 10.1. The molecule has 0 radical (unpaired) electrons. The smallest absolute Gasteiger partial charge is 0.239 e. The Morgan fingerprint density at radius 2 is 2.00 bits per heavy atom.